The first kappa shape index (κ1) is 19.4. The number of piperazine rings is 1. The normalized spacial score (nSPS) is 21.3. The van der Waals surface area contributed by atoms with Crippen molar-refractivity contribution in [1.82, 2.24) is 9.80 Å². The van der Waals surface area contributed by atoms with Gasteiger partial charge in [-0.05, 0) is 30.9 Å². The van der Waals surface area contributed by atoms with E-state index in [1.165, 1.54) is 5.56 Å². The van der Waals surface area contributed by atoms with Crippen LogP contribution in [0, 0.1) is 0 Å². The summed E-state index contributed by atoms with van der Waals surface area (Å²) in [7, 11) is 0. The molecule has 1 heterocycles. The number of aliphatic hydroxyl groups is 1. The number of ether oxygens (including phenoxy) is 1. The third-order valence-electron chi connectivity index (χ3n) is 5.00. The summed E-state index contributed by atoms with van der Waals surface area (Å²) in [5.41, 5.74) is 2.34. The van der Waals surface area contributed by atoms with Crippen LogP contribution in [0.5, 0.6) is 0 Å². The van der Waals surface area contributed by atoms with Gasteiger partial charge in [-0.25, -0.2) is 0 Å². The standard InChI is InChI=1S/C20H34N2O2/c1-5-24-13-12-22-11-10-21(14-17(22)4)15-20(23)19-8-6-18(7-9-19)16(2)3/h6-9,16-17,20,23H,5,10-15H2,1-4H3/t17-,20-/m0/s1. The molecular weight excluding hydrogens is 300 g/mol. The van der Waals surface area contributed by atoms with Crippen LogP contribution in [-0.2, 0) is 4.74 Å². The predicted molar refractivity (Wildman–Crippen MR) is 99.5 cm³/mol. The number of nitrogens with zero attached hydrogens (tertiary/aromatic N) is 2. The maximum atomic E-state index is 10.6. The third-order valence-corrected chi connectivity index (χ3v) is 5.00. The van der Waals surface area contributed by atoms with E-state index in [9.17, 15) is 5.11 Å². The fourth-order valence-electron chi connectivity index (χ4n) is 3.35. The van der Waals surface area contributed by atoms with Crippen LogP contribution in [0.1, 0.15) is 50.8 Å². The lowest BCUT2D eigenvalue weighted by atomic mass is 9.99. The number of rotatable bonds is 8. The zero-order valence-corrected chi connectivity index (χ0v) is 15.7. The highest BCUT2D eigenvalue weighted by atomic mass is 16.5. The van der Waals surface area contributed by atoms with Gasteiger partial charge in [0.1, 0.15) is 0 Å². The van der Waals surface area contributed by atoms with Crippen molar-refractivity contribution in [3.8, 4) is 0 Å². The monoisotopic (exact) mass is 334 g/mol. The second-order valence-electron chi connectivity index (χ2n) is 7.18. The predicted octanol–water partition coefficient (Wildman–Crippen LogP) is 2.89. The zero-order valence-electron chi connectivity index (χ0n) is 15.7. The molecule has 24 heavy (non-hydrogen) atoms. The SMILES string of the molecule is CCOCCN1CCN(C[C@H](O)c2ccc(C(C)C)cc2)C[C@@H]1C. The molecule has 1 aromatic rings. The fourth-order valence-corrected chi connectivity index (χ4v) is 3.35. The summed E-state index contributed by atoms with van der Waals surface area (Å²) in [6.45, 7) is 15.1. The number of hydrogen-bond donors (Lipinski definition) is 1. The topological polar surface area (TPSA) is 35.9 Å². The lowest BCUT2D eigenvalue weighted by molar-refractivity contribution is 0.0280. The van der Waals surface area contributed by atoms with Gasteiger partial charge in [-0.1, -0.05) is 38.1 Å². The molecule has 0 spiro atoms. The average Bonchev–Trinajstić information content (AvgIpc) is 2.57. The van der Waals surface area contributed by atoms with Crippen molar-refractivity contribution in [3.63, 3.8) is 0 Å². The molecule has 0 aliphatic carbocycles. The summed E-state index contributed by atoms with van der Waals surface area (Å²) >= 11 is 0. The van der Waals surface area contributed by atoms with E-state index in [1.54, 1.807) is 0 Å². The molecule has 4 heteroatoms. The molecule has 2 atom stereocenters. The Morgan fingerprint density at radius 2 is 1.83 bits per heavy atom. The van der Waals surface area contributed by atoms with E-state index in [2.05, 4.69) is 54.8 Å². The van der Waals surface area contributed by atoms with Gasteiger partial charge < -0.3 is 9.84 Å². The second-order valence-corrected chi connectivity index (χ2v) is 7.18. The lowest BCUT2D eigenvalue weighted by Crippen LogP contribution is -2.53. The van der Waals surface area contributed by atoms with Crippen molar-refractivity contribution in [2.75, 3.05) is 45.9 Å². The quantitative estimate of drug-likeness (QED) is 0.742. The molecule has 1 fully saturated rings. The van der Waals surface area contributed by atoms with Gasteiger partial charge in [-0.2, -0.15) is 0 Å². The number of benzene rings is 1. The van der Waals surface area contributed by atoms with E-state index >= 15 is 0 Å². The lowest BCUT2D eigenvalue weighted by Gasteiger charge is -2.40. The molecule has 1 aliphatic heterocycles. The van der Waals surface area contributed by atoms with Crippen molar-refractivity contribution in [1.29, 1.82) is 0 Å². The average molecular weight is 335 g/mol. The van der Waals surface area contributed by atoms with Crippen molar-refractivity contribution < 1.29 is 9.84 Å². The minimum Gasteiger partial charge on any atom is -0.387 e. The molecule has 0 saturated carbocycles. The maximum absolute atomic E-state index is 10.6. The van der Waals surface area contributed by atoms with Crippen molar-refractivity contribution in [3.05, 3.63) is 35.4 Å². The highest BCUT2D eigenvalue weighted by molar-refractivity contribution is 5.26. The summed E-state index contributed by atoms with van der Waals surface area (Å²) in [4.78, 5) is 4.86. The van der Waals surface area contributed by atoms with E-state index in [0.717, 1.165) is 45.0 Å². The number of β-amino-alcohol motifs (C(OH)–C–C–N with tert-alkyl or cyclic N) is 1. The van der Waals surface area contributed by atoms with Crippen molar-refractivity contribution >= 4 is 0 Å². The first-order valence-corrected chi connectivity index (χ1v) is 9.33. The summed E-state index contributed by atoms with van der Waals surface area (Å²) in [6.07, 6.45) is -0.409. The van der Waals surface area contributed by atoms with E-state index in [0.29, 0.717) is 18.5 Å². The zero-order chi connectivity index (χ0) is 17.5. The van der Waals surface area contributed by atoms with Crippen LogP contribution >= 0.6 is 0 Å². The number of aliphatic hydroxyl groups excluding tert-OH is 1. The largest absolute Gasteiger partial charge is 0.387 e. The molecule has 4 nitrogen and oxygen atoms in total. The molecule has 2 rings (SSSR count). The Morgan fingerprint density at radius 3 is 2.42 bits per heavy atom. The smallest absolute Gasteiger partial charge is 0.0916 e. The first-order chi connectivity index (χ1) is 11.5. The minimum absolute atomic E-state index is 0.409. The van der Waals surface area contributed by atoms with E-state index in [4.69, 9.17) is 4.74 Å². The molecule has 1 saturated heterocycles. The Morgan fingerprint density at radius 1 is 1.17 bits per heavy atom. The summed E-state index contributed by atoms with van der Waals surface area (Å²) < 4.78 is 5.46. The second kappa shape index (κ2) is 9.52. The van der Waals surface area contributed by atoms with Gasteiger partial charge in [0, 0.05) is 45.4 Å². The Balaban J connectivity index is 1.81. The highest BCUT2D eigenvalue weighted by Gasteiger charge is 2.25. The molecule has 0 aromatic heterocycles. The summed E-state index contributed by atoms with van der Waals surface area (Å²) in [5, 5.41) is 10.6. The summed E-state index contributed by atoms with van der Waals surface area (Å²) in [6, 6.07) is 8.92. The van der Waals surface area contributed by atoms with Gasteiger partial charge in [-0.3, -0.25) is 9.80 Å². The van der Waals surface area contributed by atoms with Crippen LogP contribution in [0.15, 0.2) is 24.3 Å². The highest BCUT2D eigenvalue weighted by Crippen LogP contribution is 2.20. The molecule has 0 amide bonds. The molecule has 0 bridgehead atoms. The van der Waals surface area contributed by atoms with Crippen molar-refractivity contribution in [2.45, 2.75) is 45.8 Å². The Hall–Kier alpha value is -0.940. The third kappa shape index (κ3) is 5.55. The summed E-state index contributed by atoms with van der Waals surface area (Å²) in [5.74, 6) is 0.529. The van der Waals surface area contributed by atoms with Crippen LogP contribution in [0.4, 0.5) is 0 Å². The van der Waals surface area contributed by atoms with Gasteiger partial charge in [0.05, 0.1) is 12.7 Å². The van der Waals surface area contributed by atoms with Gasteiger partial charge in [0.2, 0.25) is 0 Å². The maximum Gasteiger partial charge on any atom is 0.0916 e. The van der Waals surface area contributed by atoms with Crippen LogP contribution < -0.4 is 0 Å². The Labute approximate surface area is 147 Å². The van der Waals surface area contributed by atoms with Crippen molar-refractivity contribution in [2.24, 2.45) is 0 Å². The van der Waals surface area contributed by atoms with Crippen LogP contribution in [-0.4, -0.2) is 66.9 Å². The van der Waals surface area contributed by atoms with Gasteiger partial charge in [-0.15, -0.1) is 0 Å². The Bertz CT molecular complexity index is 475. The molecule has 1 aromatic carbocycles. The van der Waals surface area contributed by atoms with E-state index in [-0.39, 0.29) is 0 Å². The molecule has 1 N–H and O–H groups in total. The van der Waals surface area contributed by atoms with E-state index in [1.807, 2.05) is 6.92 Å². The molecule has 0 radical (unpaired) electrons. The molecule has 136 valence electrons. The minimum atomic E-state index is -0.409. The van der Waals surface area contributed by atoms with E-state index < -0.39 is 6.10 Å². The van der Waals surface area contributed by atoms with Gasteiger partial charge in [0.25, 0.3) is 0 Å². The molecular formula is C20H34N2O2. The van der Waals surface area contributed by atoms with Gasteiger partial charge in [0.15, 0.2) is 0 Å². The fraction of sp³-hybridized carbons (Fsp3) is 0.700. The molecule has 1 aliphatic rings. The number of hydrogen-bond acceptors (Lipinski definition) is 4. The van der Waals surface area contributed by atoms with Crippen LogP contribution in [0.2, 0.25) is 0 Å². The Kier molecular flexibility index (Phi) is 7.69. The molecule has 0 unspecified atom stereocenters. The van der Waals surface area contributed by atoms with Crippen LogP contribution in [0.3, 0.4) is 0 Å². The van der Waals surface area contributed by atoms with Gasteiger partial charge >= 0.3 is 0 Å². The van der Waals surface area contributed by atoms with Crippen LogP contribution in [0.25, 0.3) is 0 Å². The first-order valence-electron chi connectivity index (χ1n) is 9.33.